The van der Waals surface area contributed by atoms with Crippen molar-refractivity contribution < 1.29 is 4.74 Å². The van der Waals surface area contributed by atoms with Crippen molar-refractivity contribution >= 4 is 33.2 Å². The van der Waals surface area contributed by atoms with Gasteiger partial charge in [0, 0.05) is 33.5 Å². The van der Waals surface area contributed by atoms with Crippen LogP contribution in [0.4, 0.5) is 5.69 Å². The van der Waals surface area contributed by atoms with Crippen molar-refractivity contribution in [2.24, 2.45) is 11.3 Å². The van der Waals surface area contributed by atoms with Gasteiger partial charge in [0.25, 0.3) is 0 Å². The molecule has 1 aromatic carbocycles. The van der Waals surface area contributed by atoms with E-state index < -0.39 is 0 Å². The second-order valence-electron chi connectivity index (χ2n) is 6.17. The van der Waals surface area contributed by atoms with Crippen molar-refractivity contribution in [2.75, 3.05) is 11.9 Å². The zero-order valence-corrected chi connectivity index (χ0v) is 13.6. The van der Waals surface area contributed by atoms with E-state index >= 15 is 0 Å². The summed E-state index contributed by atoms with van der Waals surface area (Å²) in [6, 6.07) is 6.33. The Hall–Kier alpha value is -0.250. The molecule has 3 atom stereocenters. The molecule has 1 saturated heterocycles. The SMILES string of the molecule is CC1(C)C(Nc2cc(Cl)ccc2Br)C2CCCOC21. The fourth-order valence-corrected chi connectivity index (χ4v) is 4.12. The van der Waals surface area contributed by atoms with Gasteiger partial charge < -0.3 is 10.1 Å². The smallest absolute Gasteiger partial charge is 0.0693 e. The van der Waals surface area contributed by atoms with Crippen LogP contribution in [0.1, 0.15) is 26.7 Å². The van der Waals surface area contributed by atoms with Crippen LogP contribution in [-0.4, -0.2) is 18.8 Å². The van der Waals surface area contributed by atoms with Crippen LogP contribution >= 0.6 is 27.5 Å². The molecule has 4 heteroatoms. The van der Waals surface area contributed by atoms with Crippen LogP contribution in [0.5, 0.6) is 0 Å². The molecular weight excluding hydrogens is 326 g/mol. The van der Waals surface area contributed by atoms with Gasteiger partial charge in [-0.2, -0.15) is 0 Å². The van der Waals surface area contributed by atoms with Crippen molar-refractivity contribution in [3.63, 3.8) is 0 Å². The maximum Gasteiger partial charge on any atom is 0.0693 e. The van der Waals surface area contributed by atoms with E-state index in [4.69, 9.17) is 16.3 Å². The van der Waals surface area contributed by atoms with Gasteiger partial charge in [0.1, 0.15) is 0 Å². The van der Waals surface area contributed by atoms with Gasteiger partial charge >= 0.3 is 0 Å². The molecule has 0 spiro atoms. The van der Waals surface area contributed by atoms with Crippen molar-refractivity contribution in [1.29, 1.82) is 0 Å². The summed E-state index contributed by atoms with van der Waals surface area (Å²) in [5.41, 5.74) is 1.25. The third kappa shape index (κ3) is 2.30. The van der Waals surface area contributed by atoms with Gasteiger partial charge in [-0.15, -0.1) is 0 Å². The fraction of sp³-hybridized carbons (Fsp3) is 0.600. The standard InChI is InChI=1S/C15H19BrClNO/c1-15(2)13(10-4-3-7-19-14(10)15)18-12-8-9(17)5-6-11(12)16/h5-6,8,10,13-14,18H,3-4,7H2,1-2H3. The number of benzene rings is 1. The van der Waals surface area contributed by atoms with Crippen LogP contribution < -0.4 is 5.32 Å². The van der Waals surface area contributed by atoms with E-state index in [9.17, 15) is 0 Å². The van der Waals surface area contributed by atoms with Gasteiger partial charge in [0.05, 0.1) is 11.8 Å². The minimum Gasteiger partial charge on any atom is -0.380 e. The molecule has 0 aromatic heterocycles. The number of rotatable bonds is 2. The molecule has 0 radical (unpaired) electrons. The quantitative estimate of drug-likeness (QED) is 0.838. The summed E-state index contributed by atoms with van der Waals surface area (Å²) in [5.74, 6) is 0.620. The molecule has 1 N–H and O–H groups in total. The lowest BCUT2D eigenvalue weighted by Crippen LogP contribution is -2.67. The second kappa shape index (κ2) is 4.94. The van der Waals surface area contributed by atoms with Crippen LogP contribution in [0.3, 0.4) is 0 Å². The number of halogens is 2. The van der Waals surface area contributed by atoms with E-state index in [1.807, 2.05) is 18.2 Å². The summed E-state index contributed by atoms with van der Waals surface area (Å²) in [5, 5.41) is 4.43. The number of fused-ring (bicyclic) bond motifs is 1. The van der Waals surface area contributed by atoms with Gasteiger partial charge in [0.15, 0.2) is 0 Å². The predicted molar refractivity (Wildman–Crippen MR) is 82.8 cm³/mol. The van der Waals surface area contributed by atoms with Crippen LogP contribution in [0.15, 0.2) is 22.7 Å². The van der Waals surface area contributed by atoms with Crippen molar-refractivity contribution in [2.45, 2.75) is 38.8 Å². The van der Waals surface area contributed by atoms with Gasteiger partial charge in [-0.1, -0.05) is 25.4 Å². The maximum absolute atomic E-state index is 6.08. The summed E-state index contributed by atoms with van der Waals surface area (Å²) >= 11 is 9.67. The first-order valence-electron chi connectivity index (χ1n) is 6.83. The highest BCUT2D eigenvalue weighted by Crippen LogP contribution is 2.52. The van der Waals surface area contributed by atoms with Gasteiger partial charge in [-0.05, 0) is 47.0 Å². The lowest BCUT2D eigenvalue weighted by Gasteiger charge is -2.60. The lowest BCUT2D eigenvalue weighted by molar-refractivity contribution is -0.177. The number of nitrogens with one attached hydrogen (secondary N) is 1. The zero-order valence-electron chi connectivity index (χ0n) is 11.2. The van der Waals surface area contributed by atoms with E-state index in [-0.39, 0.29) is 5.41 Å². The average molecular weight is 345 g/mol. The molecule has 1 heterocycles. The van der Waals surface area contributed by atoms with Crippen LogP contribution in [-0.2, 0) is 4.74 Å². The molecule has 0 bridgehead atoms. The maximum atomic E-state index is 6.08. The van der Waals surface area contributed by atoms with Crippen molar-refractivity contribution in [3.8, 4) is 0 Å². The molecule has 3 rings (SSSR count). The molecule has 0 amide bonds. The highest BCUT2D eigenvalue weighted by atomic mass is 79.9. The monoisotopic (exact) mass is 343 g/mol. The van der Waals surface area contributed by atoms with E-state index in [1.165, 1.54) is 12.8 Å². The Morgan fingerprint density at radius 2 is 2.21 bits per heavy atom. The Labute approximate surface area is 128 Å². The van der Waals surface area contributed by atoms with Gasteiger partial charge in [0.2, 0.25) is 0 Å². The highest BCUT2D eigenvalue weighted by molar-refractivity contribution is 9.10. The van der Waals surface area contributed by atoms with E-state index in [1.54, 1.807) is 0 Å². The molecule has 2 aliphatic rings. The number of hydrogen-bond acceptors (Lipinski definition) is 2. The second-order valence-corrected chi connectivity index (χ2v) is 7.46. The Balaban J connectivity index is 1.81. The molecular formula is C15H19BrClNO. The molecule has 1 saturated carbocycles. The number of ether oxygens (including phenoxy) is 1. The number of hydrogen-bond donors (Lipinski definition) is 1. The molecule has 1 aliphatic carbocycles. The summed E-state index contributed by atoms with van der Waals surface area (Å²) in [7, 11) is 0. The summed E-state index contributed by atoms with van der Waals surface area (Å²) in [6.45, 7) is 5.49. The first kappa shape index (κ1) is 13.7. The summed E-state index contributed by atoms with van der Waals surface area (Å²) in [4.78, 5) is 0. The van der Waals surface area contributed by atoms with Crippen LogP contribution in [0.2, 0.25) is 5.02 Å². The fourth-order valence-electron chi connectivity index (χ4n) is 3.59. The molecule has 19 heavy (non-hydrogen) atoms. The minimum atomic E-state index is 0.173. The Bertz CT molecular complexity index is 491. The Morgan fingerprint density at radius 1 is 1.42 bits per heavy atom. The molecule has 104 valence electrons. The van der Waals surface area contributed by atoms with E-state index in [0.29, 0.717) is 18.1 Å². The topological polar surface area (TPSA) is 21.3 Å². The highest BCUT2D eigenvalue weighted by Gasteiger charge is 2.57. The summed E-state index contributed by atoms with van der Waals surface area (Å²) < 4.78 is 7.00. The largest absolute Gasteiger partial charge is 0.380 e. The van der Waals surface area contributed by atoms with Crippen LogP contribution in [0, 0.1) is 11.3 Å². The van der Waals surface area contributed by atoms with E-state index in [0.717, 1.165) is 21.8 Å². The normalized spacial score (nSPS) is 32.3. The minimum absolute atomic E-state index is 0.173. The lowest BCUT2D eigenvalue weighted by atomic mass is 9.55. The molecule has 1 aliphatic heterocycles. The van der Waals surface area contributed by atoms with Crippen molar-refractivity contribution in [1.82, 2.24) is 0 Å². The van der Waals surface area contributed by atoms with Crippen LogP contribution in [0.25, 0.3) is 0 Å². The third-order valence-corrected chi connectivity index (χ3v) is 5.50. The van der Waals surface area contributed by atoms with Crippen molar-refractivity contribution in [3.05, 3.63) is 27.7 Å². The molecule has 2 fully saturated rings. The third-order valence-electron chi connectivity index (χ3n) is 4.57. The first-order valence-corrected chi connectivity index (χ1v) is 8.00. The molecule has 2 nitrogen and oxygen atoms in total. The van der Waals surface area contributed by atoms with E-state index in [2.05, 4.69) is 35.1 Å². The van der Waals surface area contributed by atoms with Gasteiger partial charge in [-0.3, -0.25) is 0 Å². The predicted octanol–water partition coefficient (Wildman–Crippen LogP) is 4.72. The Kier molecular flexibility index (Phi) is 3.57. The molecule has 3 unspecified atom stereocenters. The first-order chi connectivity index (χ1) is 9.00. The van der Waals surface area contributed by atoms with Gasteiger partial charge in [-0.25, -0.2) is 0 Å². The average Bonchev–Trinajstić information content (AvgIpc) is 2.39. The Morgan fingerprint density at radius 3 is 3.00 bits per heavy atom. The number of anilines is 1. The summed E-state index contributed by atoms with van der Waals surface area (Å²) in [6.07, 6.45) is 2.83. The molecule has 1 aromatic rings. The zero-order chi connectivity index (χ0) is 13.6.